The Bertz CT molecular complexity index is 550. The highest BCUT2D eigenvalue weighted by molar-refractivity contribution is 9.10. The topological polar surface area (TPSA) is 49.8 Å². The second kappa shape index (κ2) is 10.3. The Morgan fingerprint density at radius 1 is 1.29 bits per heavy atom. The van der Waals surface area contributed by atoms with Crippen LogP contribution >= 0.6 is 27.9 Å². The summed E-state index contributed by atoms with van der Waals surface area (Å²) in [7, 11) is 0. The quantitative estimate of drug-likeness (QED) is 0.669. The van der Waals surface area contributed by atoms with E-state index in [9.17, 15) is 18.0 Å². The maximum absolute atomic E-state index is 13.1. The minimum Gasteiger partial charge on any atom is -0.478 e. The van der Waals surface area contributed by atoms with Crippen molar-refractivity contribution in [1.82, 2.24) is 4.31 Å². The van der Waals surface area contributed by atoms with E-state index in [0.717, 1.165) is 24.1 Å². The Morgan fingerprint density at radius 3 is 2.29 bits per heavy atom. The lowest BCUT2D eigenvalue weighted by atomic mass is 10.1. The summed E-state index contributed by atoms with van der Waals surface area (Å²) in [5.41, 5.74) is -1.05. The zero-order valence-corrected chi connectivity index (χ0v) is 15.0. The number of alkyl halides is 3. The molecule has 0 spiro atoms. The van der Waals surface area contributed by atoms with Crippen molar-refractivity contribution in [2.75, 3.05) is 26.3 Å². The van der Waals surface area contributed by atoms with Crippen molar-refractivity contribution in [1.29, 1.82) is 0 Å². The van der Waals surface area contributed by atoms with E-state index < -0.39 is 17.7 Å². The number of rotatable bonds is 3. The normalized spacial score (nSPS) is 15.1. The molecule has 0 radical (unpaired) electrons. The maximum Gasteiger partial charge on any atom is 0.417 e. The maximum atomic E-state index is 13.1. The van der Waals surface area contributed by atoms with Crippen molar-refractivity contribution >= 4 is 33.8 Å². The Labute approximate surface area is 152 Å². The molecular weight excluding hydrogens is 411 g/mol. The molecule has 2 rings (SSSR count). The molecule has 1 N–H and O–H groups in total. The molecule has 0 unspecified atom stereocenters. The summed E-state index contributed by atoms with van der Waals surface area (Å²) in [5.74, 6) is -1.28. The van der Waals surface area contributed by atoms with Gasteiger partial charge in [-0.2, -0.15) is 13.2 Å². The third-order valence-electron chi connectivity index (χ3n) is 2.80. The number of aromatic carboxylic acids is 1. The van der Waals surface area contributed by atoms with Crippen molar-refractivity contribution in [3.8, 4) is 0 Å². The Morgan fingerprint density at radius 2 is 1.83 bits per heavy atom. The second-order valence-corrected chi connectivity index (χ2v) is 6.26. The molecule has 24 heavy (non-hydrogen) atoms. The molecule has 0 bridgehead atoms. The standard InChI is InChI=1S/C12H11BrF3NO3S.C2H6.CH4/c13-9-6-8(12(14,15)16)10(5-7(9)11(18)19)21-17-1-3-20-4-2-17;1-2;/h5-6H,1-4H2,(H,18,19);1-2H3;1H4. The van der Waals surface area contributed by atoms with Crippen LogP contribution in [-0.2, 0) is 10.9 Å². The molecule has 4 nitrogen and oxygen atoms in total. The Balaban J connectivity index is 0.00000170. The fourth-order valence-electron chi connectivity index (χ4n) is 1.79. The lowest BCUT2D eigenvalue weighted by molar-refractivity contribution is -0.139. The van der Waals surface area contributed by atoms with Gasteiger partial charge in [0, 0.05) is 22.5 Å². The van der Waals surface area contributed by atoms with E-state index >= 15 is 0 Å². The predicted octanol–water partition coefficient (Wildman–Crippen LogP) is 5.17. The summed E-state index contributed by atoms with van der Waals surface area (Å²) in [6, 6.07) is 1.86. The molecule has 0 atom stereocenters. The molecule has 138 valence electrons. The van der Waals surface area contributed by atoms with Crippen LogP contribution in [0.5, 0.6) is 0 Å². The molecule has 1 aromatic carbocycles. The minimum atomic E-state index is -4.55. The van der Waals surface area contributed by atoms with Crippen molar-refractivity contribution in [2.24, 2.45) is 0 Å². The van der Waals surface area contributed by atoms with Crippen LogP contribution in [0.1, 0.15) is 37.2 Å². The number of carbonyl (C=O) groups is 1. The zero-order valence-electron chi connectivity index (χ0n) is 12.6. The van der Waals surface area contributed by atoms with E-state index in [1.165, 1.54) is 0 Å². The van der Waals surface area contributed by atoms with E-state index in [0.29, 0.717) is 26.3 Å². The lowest BCUT2D eigenvalue weighted by Crippen LogP contribution is -2.31. The first-order valence-corrected chi connectivity index (χ1v) is 8.50. The summed E-state index contributed by atoms with van der Waals surface area (Å²) >= 11 is 3.78. The second-order valence-electron chi connectivity index (χ2n) is 4.26. The van der Waals surface area contributed by atoms with Crippen LogP contribution in [0.25, 0.3) is 0 Å². The van der Waals surface area contributed by atoms with E-state index in [1.807, 2.05) is 13.8 Å². The van der Waals surface area contributed by atoms with E-state index in [4.69, 9.17) is 9.84 Å². The molecule has 0 amide bonds. The molecule has 0 aliphatic carbocycles. The molecule has 1 heterocycles. The van der Waals surface area contributed by atoms with Crippen LogP contribution in [0.3, 0.4) is 0 Å². The number of nitrogens with zero attached hydrogens (tertiary/aromatic N) is 1. The highest BCUT2D eigenvalue weighted by Crippen LogP contribution is 2.40. The molecule has 1 fully saturated rings. The molecular formula is C15H21BrF3NO3S. The molecule has 1 aromatic rings. The van der Waals surface area contributed by atoms with Crippen molar-refractivity contribution in [2.45, 2.75) is 32.3 Å². The number of carboxylic acid groups (broad SMARTS) is 1. The summed E-state index contributed by atoms with van der Waals surface area (Å²) in [5, 5.41) is 9.04. The molecule has 1 saturated heterocycles. The van der Waals surface area contributed by atoms with E-state index in [2.05, 4.69) is 15.9 Å². The van der Waals surface area contributed by atoms with Gasteiger partial charge in [-0.1, -0.05) is 21.3 Å². The van der Waals surface area contributed by atoms with Gasteiger partial charge in [-0.25, -0.2) is 9.10 Å². The highest BCUT2D eigenvalue weighted by atomic mass is 79.9. The monoisotopic (exact) mass is 431 g/mol. The summed E-state index contributed by atoms with van der Waals surface area (Å²) in [4.78, 5) is 11.0. The van der Waals surface area contributed by atoms with E-state index in [-0.39, 0.29) is 22.4 Å². The lowest BCUT2D eigenvalue weighted by Gasteiger charge is -2.26. The van der Waals surface area contributed by atoms with Gasteiger partial charge >= 0.3 is 12.1 Å². The van der Waals surface area contributed by atoms with Gasteiger partial charge in [0.05, 0.1) is 24.3 Å². The molecule has 9 heteroatoms. The molecule has 0 saturated carbocycles. The molecule has 1 aliphatic rings. The van der Waals surface area contributed by atoms with Crippen LogP contribution < -0.4 is 0 Å². The first kappa shape index (κ1) is 23.2. The zero-order chi connectivity index (χ0) is 17.6. The van der Waals surface area contributed by atoms with Gasteiger partial charge in [-0.3, -0.25) is 0 Å². The van der Waals surface area contributed by atoms with Crippen LogP contribution in [0.15, 0.2) is 21.5 Å². The summed E-state index contributed by atoms with van der Waals surface area (Å²) < 4.78 is 46.0. The number of hydrogen-bond acceptors (Lipinski definition) is 4. The van der Waals surface area contributed by atoms with Crippen LogP contribution in [0, 0.1) is 0 Å². The third-order valence-corrected chi connectivity index (χ3v) is 4.62. The minimum absolute atomic E-state index is 0. The highest BCUT2D eigenvalue weighted by Gasteiger charge is 2.35. The van der Waals surface area contributed by atoms with Gasteiger partial charge in [0.15, 0.2) is 0 Å². The van der Waals surface area contributed by atoms with Gasteiger partial charge in [0.25, 0.3) is 0 Å². The van der Waals surface area contributed by atoms with E-state index in [1.54, 1.807) is 4.31 Å². The smallest absolute Gasteiger partial charge is 0.417 e. The average Bonchev–Trinajstić information content (AvgIpc) is 2.50. The largest absolute Gasteiger partial charge is 0.478 e. The number of hydrogen-bond donors (Lipinski definition) is 1. The van der Waals surface area contributed by atoms with Crippen LogP contribution in [0.2, 0.25) is 0 Å². The predicted molar refractivity (Wildman–Crippen MR) is 92.4 cm³/mol. The van der Waals surface area contributed by atoms with Gasteiger partial charge in [-0.05, 0) is 40.0 Å². The number of carboxylic acids is 1. The Kier molecular flexibility index (Phi) is 9.94. The van der Waals surface area contributed by atoms with Gasteiger partial charge in [0.2, 0.25) is 0 Å². The van der Waals surface area contributed by atoms with Crippen molar-refractivity contribution in [3.05, 3.63) is 27.7 Å². The average molecular weight is 432 g/mol. The van der Waals surface area contributed by atoms with Gasteiger partial charge in [-0.15, -0.1) is 0 Å². The fraction of sp³-hybridized carbons (Fsp3) is 0.533. The van der Waals surface area contributed by atoms with Crippen LogP contribution in [0.4, 0.5) is 13.2 Å². The van der Waals surface area contributed by atoms with Crippen molar-refractivity contribution in [3.63, 3.8) is 0 Å². The fourth-order valence-corrected chi connectivity index (χ4v) is 3.36. The van der Waals surface area contributed by atoms with Gasteiger partial charge < -0.3 is 9.84 Å². The number of benzene rings is 1. The van der Waals surface area contributed by atoms with Crippen LogP contribution in [-0.4, -0.2) is 41.7 Å². The first-order chi connectivity index (χ1) is 10.8. The molecule has 1 aliphatic heterocycles. The number of halogens is 4. The summed E-state index contributed by atoms with van der Waals surface area (Å²) in [6.45, 7) is 5.86. The van der Waals surface area contributed by atoms with Gasteiger partial charge in [0.1, 0.15) is 0 Å². The Hall–Kier alpha value is -0.770. The number of morpholine rings is 1. The van der Waals surface area contributed by atoms with Crippen molar-refractivity contribution < 1.29 is 27.8 Å². The SMILES string of the molecule is C.CC.O=C(O)c1cc(SN2CCOCC2)c(C(F)(F)F)cc1Br. The number of ether oxygens (including phenoxy) is 1. The summed E-state index contributed by atoms with van der Waals surface area (Å²) in [6.07, 6.45) is -4.55. The first-order valence-electron chi connectivity index (χ1n) is 6.93. The third kappa shape index (κ3) is 6.27. The molecule has 0 aromatic heterocycles.